The molecule has 0 aliphatic heterocycles. The number of aryl methyl sites for hydroxylation is 1. The number of nitrogens with one attached hydrogen (secondary N) is 1. The maximum Gasteiger partial charge on any atom is 0.188 e. The van der Waals surface area contributed by atoms with Crippen LogP contribution in [0.5, 0.6) is 0 Å². The summed E-state index contributed by atoms with van der Waals surface area (Å²) in [5.41, 5.74) is 2.28. The normalized spacial score (nSPS) is 10.9. The summed E-state index contributed by atoms with van der Waals surface area (Å²) in [6, 6.07) is 10.4. The molecule has 3 aromatic rings. The summed E-state index contributed by atoms with van der Waals surface area (Å²) in [6.45, 7) is 1.92. The van der Waals surface area contributed by atoms with Crippen LogP contribution in [-0.2, 0) is 0 Å². The van der Waals surface area contributed by atoms with E-state index in [1.54, 1.807) is 18.2 Å². The highest BCUT2D eigenvalue weighted by Gasteiger charge is 2.07. The number of fused-ring (bicyclic) bond motifs is 1. The van der Waals surface area contributed by atoms with Crippen LogP contribution in [-0.4, -0.2) is 4.98 Å². The zero-order chi connectivity index (χ0) is 13.4. The van der Waals surface area contributed by atoms with Crippen LogP contribution in [0.2, 0.25) is 5.02 Å². The van der Waals surface area contributed by atoms with E-state index in [4.69, 9.17) is 11.6 Å². The van der Waals surface area contributed by atoms with Crippen molar-refractivity contribution >= 4 is 44.0 Å². The number of hydrogen-bond acceptors (Lipinski definition) is 3. The van der Waals surface area contributed by atoms with Crippen molar-refractivity contribution in [1.29, 1.82) is 0 Å². The zero-order valence-corrected chi connectivity index (χ0v) is 11.6. The Morgan fingerprint density at radius 2 is 2.05 bits per heavy atom. The SMILES string of the molecule is Cc1ccc(F)c(Nc2nc3ccc(Cl)cc3s2)c1. The Morgan fingerprint density at radius 3 is 2.89 bits per heavy atom. The number of hydrogen-bond donors (Lipinski definition) is 1. The zero-order valence-electron chi connectivity index (χ0n) is 10.1. The van der Waals surface area contributed by atoms with Gasteiger partial charge in [0, 0.05) is 5.02 Å². The number of rotatable bonds is 2. The molecule has 1 heterocycles. The van der Waals surface area contributed by atoms with E-state index < -0.39 is 0 Å². The number of benzene rings is 2. The van der Waals surface area contributed by atoms with Crippen molar-refractivity contribution in [3.8, 4) is 0 Å². The summed E-state index contributed by atoms with van der Waals surface area (Å²) in [4.78, 5) is 4.40. The highest BCUT2D eigenvalue weighted by Crippen LogP contribution is 2.31. The molecule has 0 radical (unpaired) electrons. The number of aromatic nitrogens is 1. The van der Waals surface area contributed by atoms with Crippen molar-refractivity contribution in [2.75, 3.05) is 5.32 Å². The molecule has 2 aromatic carbocycles. The average Bonchev–Trinajstić information content (AvgIpc) is 2.75. The maximum atomic E-state index is 13.7. The van der Waals surface area contributed by atoms with E-state index in [9.17, 15) is 4.39 Å². The quantitative estimate of drug-likeness (QED) is 0.707. The second-order valence-corrected chi connectivity index (χ2v) is 5.71. The minimum Gasteiger partial charge on any atom is -0.329 e. The molecular formula is C14H10ClFN2S. The van der Waals surface area contributed by atoms with E-state index in [0.29, 0.717) is 15.8 Å². The molecule has 1 N–H and O–H groups in total. The van der Waals surface area contributed by atoms with Gasteiger partial charge in [-0.25, -0.2) is 9.37 Å². The summed E-state index contributed by atoms with van der Waals surface area (Å²) in [5, 5.41) is 4.34. The lowest BCUT2D eigenvalue weighted by Gasteiger charge is -2.04. The van der Waals surface area contributed by atoms with Crippen LogP contribution in [0.1, 0.15) is 5.56 Å². The van der Waals surface area contributed by atoms with Crippen molar-refractivity contribution in [1.82, 2.24) is 4.98 Å². The van der Waals surface area contributed by atoms with Gasteiger partial charge in [0.1, 0.15) is 5.82 Å². The van der Waals surface area contributed by atoms with Crippen molar-refractivity contribution in [2.45, 2.75) is 6.92 Å². The summed E-state index contributed by atoms with van der Waals surface area (Å²) in [5.74, 6) is -0.289. The van der Waals surface area contributed by atoms with Crippen LogP contribution in [0.4, 0.5) is 15.2 Å². The van der Waals surface area contributed by atoms with Crippen LogP contribution in [0.15, 0.2) is 36.4 Å². The van der Waals surface area contributed by atoms with Gasteiger partial charge in [-0.3, -0.25) is 0 Å². The van der Waals surface area contributed by atoms with Crippen LogP contribution in [0, 0.1) is 12.7 Å². The molecule has 3 rings (SSSR count). The Labute approximate surface area is 118 Å². The highest BCUT2D eigenvalue weighted by molar-refractivity contribution is 7.22. The molecule has 0 aliphatic carbocycles. The molecule has 5 heteroatoms. The topological polar surface area (TPSA) is 24.9 Å². The summed E-state index contributed by atoms with van der Waals surface area (Å²) in [6.07, 6.45) is 0. The lowest BCUT2D eigenvalue weighted by molar-refractivity contribution is 0.631. The van der Waals surface area contributed by atoms with Crippen molar-refractivity contribution < 1.29 is 4.39 Å². The standard InChI is InChI=1S/C14H10ClFN2S/c1-8-2-4-10(16)12(6-8)18-14-17-11-5-3-9(15)7-13(11)19-14/h2-7H,1H3,(H,17,18). The van der Waals surface area contributed by atoms with Gasteiger partial charge in [-0.1, -0.05) is 29.0 Å². The molecule has 0 bridgehead atoms. The fraction of sp³-hybridized carbons (Fsp3) is 0.0714. The predicted molar refractivity (Wildman–Crippen MR) is 79.0 cm³/mol. The van der Waals surface area contributed by atoms with Crippen molar-refractivity contribution in [3.05, 3.63) is 52.8 Å². The second kappa shape index (κ2) is 4.79. The lowest BCUT2D eigenvalue weighted by Crippen LogP contribution is -1.93. The number of anilines is 2. The molecule has 0 fully saturated rings. The van der Waals surface area contributed by atoms with Gasteiger partial charge >= 0.3 is 0 Å². The largest absolute Gasteiger partial charge is 0.329 e. The van der Waals surface area contributed by atoms with Crippen LogP contribution in [0.25, 0.3) is 10.2 Å². The van der Waals surface area contributed by atoms with Gasteiger partial charge in [0.25, 0.3) is 0 Å². The maximum absolute atomic E-state index is 13.7. The van der Waals surface area contributed by atoms with E-state index in [2.05, 4.69) is 10.3 Å². The molecule has 0 saturated heterocycles. The molecule has 19 heavy (non-hydrogen) atoms. The molecule has 0 unspecified atom stereocenters. The number of thiazole rings is 1. The van der Waals surface area contributed by atoms with Gasteiger partial charge in [-0.15, -0.1) is 0 Å². The van der Waals surface area contributed by atoms with Gasteiger partial charge < -0.3 is 5.32 Å². The smallest absolute Gasteiger partial charge is 0.188 e. The van der Waals surface area contributed by atoms with E-state index in [0.717, 1.165) is 15.8 Å². The van der Waals surface area contributed by atoms with Gasteiger partial charge in [-0.05, 0) is 42.8 Å². The van der Waals surface area contributed by atoms with Crippen LogP contribution < -0.4 is 5.32 Å². The first-order chi connectivity index (χ1) is 9.11. The first kappa shape index (κ1) is 12.4. The average molecular weight is 293 g/mol. The Balaban J connectivity index is 1.98. The van der Waals surface area contributed by atoms with Crippen molar-refractivity contribution in [3.63, 3.8) is 0 Å². The van der Waals surface area contributed by atoms with Crippen molar-refractivity contribution in [2.24, 2.45) is 0 Å². The molecular weight excluding hydrogens is 283 g/mol. The Kier molecular flexibility index (Phi) is 3.12. The molecule has 0 spiro atoms. The number of halogens is 2. The van der Waals surface area contributed by atoms with E-state index >= 15 is 0 Å². The predicted octanol–water partition coefficient (Wildman–Crippen LogP) is 5.14. The fourth-order valence-electron chi connectivity index (χ4n) is 1.80. The van der Waals surface area contributed by atoms with Gasteiger partial charge in [-0.2, -0.15) is 0 Å². The third kappa shape index (κ3) is 2.55. The van der Waals surface area contributed by atoms with E-state index in [1.165, 1.54) is 17.4 Å². The first-order valence-corrected chi connectivity index (χ1v) is 6.90. The summed E-state index contributed by atoms with van der Waals surface area (Å²) in [7, 11) is 0. The monoisotopic (exact) mass is 292 g/mol. The van der Waals surface area contributed by atoms with Gasteiger partial charge in [0.15, 0.2) is 5.13 Å². The van der Waals surface area contributed by atoms with Gasteiger partial charge in [0.2, 0.25) is 0 Å². The Hall–Kier alpha value is -1.65. The fourth-order valence-corrected chi connectivity index (χ4v) is 2.96. The van der Waals surface area contributed by atoms with Crippen LogP contribution in [0.3, 0.4) is 0 Å². The number of nitrogens with zero attached hydrogens (tertiary/aromatic N) is 1. The third-order valence-electron chi connectivity index (χ3n) is 2.71. The first-order valence-electron chi connectivity index (χ1n) is 5.71. The third-order valence-corrected chi connectivity index (χ3v) is 3.88. The molecule has 0 aliphatic rings. The molecule has 2 nitrogen and oxygen atoms in total. The minimum atomic E-state index is -0.289. The molecule has 1 aromatic heterocycles. The second-order valence-electron chi connectivity index (χ2n) is 4.24. The molecule has 0 atom stereocenters. The molecule has 0 amide bonds. The summed E-state index contributed by atoms with van der Waals surface area (Å²) < 4.78 is 14.6. The highest BCUT2D eigenvalue weighted by atomic mass is 35.5. The minimum absolute atomic E-state index is 0.289. The lowest BCUT2D eigenvalue weighted by atomic mass is 10.2. The summed E-state index contributed by atoms with van der Waals surface area (Å²) >= 11 is 7.38. The van der Waals surface area contributed by atoms with Gasteiger partial charge in [0.05, 0.1) is 15.9 Å². The molecule has 0 saturated carbocycles. The van der Waals surface area contributed by atoms with E-state index in [-0.39, 0.29) is 5.82 Å². The van der Waals surface area contributed by atoms with E-state index in [1.807, 2.05) is 19.1 Å². The Morgan fingerprint density at radius 1 is 1.21 bits per heavy atom. The Bertz CT molecular complexity index is 754. The van der Waals surface area contributed by atoms with Crippen LogP contribution >= 0.6 is 22.9 Å². The molecule has 96 valence electrons.